The highest BCUT2D eigenvalue weighted by atomic mass is 32.2. The van der Waals surface area contributed by atoms with Gasteiger partial charge in [0.2, 0.25) is 0 Å². The second kappa shape index (κ2) is 9.92. The number of rotatable bonds is 10. The minimum absolute atomic E-state index is 0.312. The average Bonchev–Trinajstić information content (AvgIpc) is 2.49. The van der Waals surface area contributed by atoms with E-state index in [9.17, 15) is 5.11 Å². The van der Waals surface area contributed by atoms with Crippen LogP contribution in [0, 0.1) is 5.92 Å². The third-order valence-corrected chi connectivity index (χ3v) is 3.95. The molecular weight excluding hydrogens is 284 g/mol. The summed E-state index contributed by atoms with van der Waals surface area (Å²) in [6.45, 7) is 6.20. The summed E-state index contributed by atoms with van der Waals surface area (Å²) in [5, 5.41) is 13.1. The lowest BCUT2D eigenvalue weighted by Crippen LogP contribution is -2.32. The molecule has 1 aromatic carbocycles. The molecule has 0 aliphatic rings. The Balaban J connectivity index is 2.24. The minimum Gasteiger partial charge on any atom is -0.491 e. The van der Waals surface area contributed by atoms with E-state index in [1.807, 2.05) is 37.6 Å². The van der Waals surface area contributed by atoms with Crippen LogP contribution in [0.2, 0.25) is 0 Å². The number of nitrogens with one attached hydrogen (secondary N) is 1. The zero-order valence-corrected chi connectivity index (χ0v) is 14.3. The number of hydrogen-bond donors (Lipinski definition) is 2. The topological polar surface area (TPSA) is 44.7 Å². The molecule has 0 saturated heterocycles. The summed E-state index contributed by atoms with van der Waals surface area (Å²) in [5.74, 6) is 1.47. The van der Waals surface area contributed by atoms with Gasteiger partial charge in [-0.05, 0) is 43.1 Å². The lowest BCUT2D eigenvalue weighted by atomic mass is 10.1. The molecular formula is C16H28N2O2S. The van der Waals surface area contributed by atoms with E-state index in [1.54, 1.807) is 11.9 Å². The number of benzene rings is 1. The van der Waals surface area contributed by atoms with Crippen molar-refractivity contribution in [3.8, 4) is 5.75 Å². The molecule has 0 bridgehead atoms. The second-order valence-electron chi connectivity index (χ2n) is 5.53. The van der Waals surface area contributed by atoms with Crippen LogP contribution in [-0.4, -0.2) is 44.2 Å². The van der Waals surface area contributed by atoms with Gasteiger partial charge in [0.15, 0.2) is 0 Å². The molecule has 0 heterocycles. The molecule has 0 fully saturated rings. The third-order valence-electron chi connectivity index (χ3n) is 3.20. The molecule has 5 heteroatoms. The van der Waals surface area contributed by atoms with E-state index in [1.165, 1.54) is 0 Å². The van der Waals surface area contributed by atoms with Crippen molar-refractivity contribution < 1.29 is 9.84 Å². The molecule has 1 atom stereocenters. The minimum atomic E-state index is -0.481. The molecule has 1 unspecified atom stereocenters. The first-order valence-electron chi connectivity index (χ1n) is 7.42. The highest BCUT2D eigenvalue weighted by Gasteiger charge is 2.06. The molecule has 0 radical (unpaired) electrons. The molecule has 21 heavy (non-hydrogen) atoms. The third kappa shape index (κ3) is 7.60. The van der Waals surface area contributed by atoms with Crippen molar-refractivity contribution in [1.29, 1.82) is 0 Å². The fourth-order valence-electron chi connectivity index (χ4n) is 1.77. The number of ether oxygens (including phenoxy) is 1. The van der Waals surface area contributed by atoms with Gasteiger partial charge in [0.1, 0.15) is 18.5 Å². The second-order valence-corrected chi connectivity index (χ2v) is 6.44. The first-order valence-corrected chi connectivity index (χ1v) is 8.60. The predicted octanol–water partition coefficient (Wildman–Crippen LogP) is 2.78. The van der Waals surface area contributed by atoms with E-state index in [0.717, 1.165) is 24.4 Å². The molecule has 1 aromatic rings. The van der Waals surface area contributed by atoms with Crippen LogP contribution in [0.15, 0.2) is 24.3 Å². The Morgan fingerprint density at radius 3 is 2.52 bits per heavy atom. The van der Waals surface area contributed by atoms with Gasteiger partial charge in [-0.25, -0.2) is 0 Å². The molecule has 0 aliphatic heterocycles. The predicted molar refractivity (Wildman–Crippen MR) is 92.2 cm³/mol. The van der Waals surface area contributed by atoms with Crippen LogP contribution in [0.4, 0.5) is 5.69 Å². The first-order chi connectivity index (χ1) is 10.0. The van der Waals surface area contributed by atoms with Crippen LogP contribution >= 0.6 is 11.9 Å². The van der Waals surface area contributed by atoms with Gasteiger partial charge in [0.25, 0.3) is 0 Å². The Hall–Kier alpha value is -0.910. The molecule has 0 spiro atoms. The molecule has 1 rings (SSSR count). The summed E-state index contributed by atoms with van der Waals surface area (Å²) in [6, 6.07) is 7.89. The van der Waals surface area contributed by atoms with Gasteiger partial charge >= 0.3 is 0 Å². The Morgan fingerprint density at radius 2 is 1.95 bits per heavy atom. The maximum Gasteiger partial charge on any atom is 0.119 e. The summed E-state index contributed by atoms with van der Waals surface area (Å²) < 4.78 is 7.68. The lowest BCUT2D eigenvalue weighted by molar-refractivity contribution is 0.106. The van der Waals surface area contributed by atoms with Crippen LogP contribution in [0.1, 0.15) is 20.3 Å². The summed E-state index contributed by atoms with van der Waals surface area (Å²) in [4.78, 5) is 0. The number of anilines is 1. The van der Waals surface area contributed by atoms with Crippen molar-refractivity contribution in [2.24, 2.45) is 5.92 Å². The Labute approximate surface area is 133 Å². The van der Waals surface area contributed by atoms with Gasteiger partial charge < -0.3 is 19.5 Å². The lowest BCUT2D eigenvalue weighted by Gasteiger charge is -2.16. The van der Waals surface area contributed by atoms with E-state index in [4.69, 9.17) is 4.74 Å². The molecule has 0 aromatic heterocycles. The number of hydrogen-bond acceptors (Lipinski definition) is 5. The van der Waals surface area contributed by atoms with Crippen molar-refractivity contribution in [2.75, 3.05) is 37.3 Å². The summed E-state index contributed by atoms with van der Waals surface area (Å²) in [5.41, 5.74) is 1.13. The summed E-state index contributed by atoms with van der Waals surface area (Å²) in [7, 11) is 2.02. The van der Waals surface area contributed by atoms with E-state index in [0.29, 0.717) is 19.1 Å². The Kier molecular flexibility index (Phi) is 8.57. The van der Waals surface area contributed by atoms with Gasteiger partial charge in [0.05, 0.1) is 0 Å². The van der Waals surface area contributed by atoms with Gasteiger partial charge in [-0.1, -0.05) is 25.8 Å². The highest BCUT2D eigenvalue weighted by Crippen LogP contribution is 2.21. The van der Waals surface area contributed by atoms with E-state index in [2.05, 4.69) is 23.5 Å². The average molecular weight is 312 g/mol. The van der Waals surface area contributed by atoms with E-state index >= 15 is 0 Å². The quantitative estimate of drug-likeness (QED) is 0.514. The normalized spacial score (nSPS) is 12.5. The smallest absolute Gasteiger partial charge is 0.119 e. The molecule has 4 nitrogen and oxygen atoms in total. The van der Waals surface area contributed by atoms with Crippen molar-refractivity contribution in [3.63, 3.8) is 0 Å². The molecule has 0 amide bonds. The maximum absolute atomic E-state index is 9.86. The maximum atomic E-state index is 9.86. The van der Waals surface area contributed by atoms with Gasteiger partial charge in [-0.15, -0.1) is 0 Å². The van der Waals surface area contributed by atoms with Crippen LogP contribution in [0.3, 0.4) is 0 Å². The fraction of sp³-hybridized carbons (Fsp3) is 0.625. The monoisotopic (exact) mass is 312 g/mol. The largest absolute Gasteiger partial charge is 0.491 e. The van der Waals surface area contributed by atoms with Gasteiger partial charge in [0, 0.05) is 25.5 Å². The standard InChI is InChI=1S/C16H28N2O2S/c1-13(2)9-10-17-11-15(19)12-20-16-7-5-14(6-8-16)18(3)21-4/h5-8,13,15,17,19H,9-12H2,1-4H3. The fourth-order valence-corrected chi connectivity index (χ4v) is 2.10. The van der Waals surface area contributed by atoms with Crippen LogP contribution in [0.25, 0.3) is 0 Å². The van der Waals surface area contributed by atoms with Gasteiger partial charge in [-0.2, -0.15) is 0 Å². The highest BCUT2D eigenvalue weighted by molar-refractivity contribution is 7.99. The van der Waals surface area contributed by atoms with E-state index in [-0.39, 0.29) is 0 Å². The molecule has 2 N–H and O–H groups in total. The van der Waals surface area contributed by atoms with Crippen LogP contribution in [0.5, 0.6) is 5.75 Å². The zero-order valence-electron chi connectivity index (χ0n) is 13.5. The first kappa shape index (κ1) is 18.1. The van der Waals surface area contributed by atoms with Gasteiger partial charge in [-0.3, -0.25) is 0 Å². The van der Waals surface area contributed by atoms with E-state index < -0.39 is 6.10 Å². The summed E-state index contributed by atoms with van der Waals surface area (Å²) in [6.07, 6.45) is 2.68. The number of nitrogens with zero attached hydrogens (tertiary/aromatic N) is 1. The summed E-state index contributed by atoms with van der Waals surface area (Å²) >= 11 is 1.66. The van der Waals surface area contributed by atoms with Crippen molar-refractivity contribution >= 4 is 17.6 Å². The van der Waals surface area contributed by atoms with Crippen molar-refractivity contribution in [2.45, 2.75) is 26.4 Å². The van der Waals surface area contributed by atoms with Crippen molar-refractivity contribution in [3.05, 3.63) is 24.3 Å². The molecule has 0 saturated carbocycles. The Bertz CT molecular complexity index is 384. The Morgan fingerprint density at radius 1 is 1.29 bits per heavy atom. The van der Waals surface area contributed by atoms with Crippen LogP contribution < -0.4 is 14.4 Å². The van der Waals surface area contributed by atoms with Crippen molar-refractivity contribution in [1.82, 2.24) is 5.32 Å². The molecule has 0 aliphatic carbocycles. The number of aliphatic hydroxyl groups excluding tert-OH is 1. The zero-order chi connectivity index (χ0) is 15.7. The SMILES string of the molecule is CSN(C)c1ccc(OCC(O)CNCCC(C)C)cc1. The molecule has 120 valence electrons. The number of aliphatic hydroxyl groups is 1. The van der Waals surface area contributed by atoms with Crippen LogP contribution in [-0.2, 0) is 0 Å².